The molecule has 126 heavy (non-hydrogen) atoms. The third-order valence-electron chi connectivity index (χ3n) is 20.9. The highest BCUT2D eigenvalue weighted by atomic mass is 32.2. The SMILES string of the molecule is CCCCCCCCOc1ccccc1Sc1cc(Sc2ccccc2OCCCCCCCC)c(C#N)cc1C#N.CCCCCCCCOc1ccccc1Sc1cc(Sc2ccccc2OCCCCCCCC)c(C#N)cc1C#N.CCCCCCCCOc1ccccc1Sc1cc(Sc2ccccc2OCCCCCCCC)c(C#N)cc1C#N. The van der Waals surface area contributed by atoms with Gasteiger partial charge in [-0.3, -0.25) is 0 Å². The Hall–Kier alpha value is -9.18. The monoisotopic (exact) mass is 1800 g/mol. The van der Waals surface area contributed by atoms with Crippen molar-refractivity contribution in [3.8, 4) is 70.9 Å². The molecule has 0 aliphatic rings. The molecule has 0 spiro atoms. The summed E-state index contributed by atoms with van der Waals surface area (Å²) < 4.78 is 37.0. The normalized spacial score (nSPS) is 10.7. The molecule has 0 saturated heterocycles. The van der Waals surface area contributed by atoms with Crippen molar-refractivity contribution in [2.75, 3.05) is 39.6 Å². The van der Waals surface area contributed by atoms with E-state index in [1.165, 1.54) is 263 Å². The van der Waals surface area contributed by atoms with E-state index in [4.69, 9.17) is 28.4 Å². The zero-order chi connectivity index (χ0) is 89.5. The van der Waals surface area contributed by atoms with E-state index in [0.29, 0.717) is 73.0 Å². The number of ether oxygens (including phenoxy) is 6. The van der Waals surface area contributed by atoms with Gasteiger partial charge >= 0.3 is 0 Å². The van der Waals surface area contributed by atoms with Crippen LogP contribution in [0.2, 0.25) is 0 Å². The van der Waals surface area contributed by atoms with Gasteiger partial charge in [0, 0.05) is 29.4 Å². The first kappa shape index (κ1) is 104. The van der Waals surface area contributed by atoms with Crippen LogP contribution in [0, 0.1) is 68.0 Å². The van der Waals surface area contributed by atoms with Crippen LogP contribution in [0.4, 0.5) is 0 Å². The summed E-state index contributed by atoms with van der Waals surface area (Å²) in [5.74, 6) is 4.96. The maximum Gasteiger partial charge on any atom is 0.133 e. The van der Waals surface area contributed by atoms with Gasteiger partial charge in [-0.1, -0.05) is 378 Å². The number of hydrogen-bond acceptors (Lipinski definition) is 18. The maximum absolute atomic E-state index is 9.93. The first-order valence-corrected chi connectivity index (χ1v) is 51.3. The van der Waals surface area contributed by atoms with Gasteiger partial charge in [0.15, 0.2) is 0 Å². The van der Waals surface area contributed by atoms with E-state index in [1.807, 2.05) is 164 Å². The molecular weight excluding hydrogens is 1670 g/mol. The number of unbranched alkanes of at least 4 members (excludes halogenated alkanes) is 30. The van der Waals surface area contributed by atoms with E-state index in [0.717, 1.165) is 132 Å². The standard InChI is InChI=1S/3C36H44N2O2S2/c3*1-3-5-7-9-11-17-23-39-31-19-13-15-21-33(31)41-35-26-36(30(28-38)25-29(35)27-37)42-34-22-16-14-20-32(34)40-24-18-12-10-8-6-4-2/h3*13-16,19-22,25-26H,3-12,17-18,23-24H2,1-2H3. The average molecular weight is 1800 g/mol. The molecule has 0 atom stereocenters. The van der Waals surface area contributed by atoms with E-state index in [9.17, 15) is 31.6 Å². The number of nitriles is 6. The zero-order valence-corrected chi connectivity index (χ0v) is 80.5. The summed E-state index contributed by atoms with van der Waals surface area (Å²) in [5, 5.41) is 59.6. The first-order chi connectivity index (χ1) is 62.1. The van der Waals surface area contributed by atoms with Crippen LogP contribution in [0.1, 0.15) is 306 Å². The van der Waals surface area contributed by atoms with Crippen LogP contribution >= 0.6 is 70.6 Å². The summed E-state index contributed by atoms with van der Waals surface area (Å²) in [6.45, 7) is 17.5. The minimum Gasteiger partial charge on any atom is -0.492 e. The van der Waals surface area contributed by atoms with E-state index < -0.39 is 0 Å². The van der Waals surface area contributed by atoms with Gasteiger partial charge in [0.1, 0.15) is 70.9 Å². The average Bonchev–Trinajstić information content (AvgIpc) is 0.815. The van der Waals surface area contributed by atoms with Crippen LogP contribution in [-0.4, -0.2) is 39.6 Å². The molecule has 12 nitrogen and oxygen atoms in total. The van der Waals surface area contributed by atoms with Crippen molar-refractivity contribution in [2.45, 2.75) is 331 Å². The minimum absolute atomic E-state index is 0.485. The van der Waals surface area contributed by atoms with Crippen molar-refractivity contribution in [1.82, 2.24) is 0 Å². The van der Waals surface area contributed by atoms with Gasteiger partial charge in [-0.25, -0.2) is 0 Å². The summed E-state index contributed by atoms with van der Waals surface area (Å²) in [6, 6.07) is 72.6. The highest BCUT2D eigenvalue weighted by Gasteiger charge is 2.21. The van der Waals surface area contributed by atoms with Crippen molar-refractivity contribution < 1.29 is 28.4 Å². The van der Waals surface area contributed by atoms with Crippen LogP contribution in [0.5, 0.6) is 34.5 Å². The van der Waals surface area contributed by atoms with Crippen LogP contribution in [0.3, 0.4) is 0 Å². The second kappa shape index (κ2) is 65.4. The zero-order valence-electron chi connectivity index (χ0n) is 75.6. The lowest BCUT2D eigenvalue weighted by Gasteiger charge is -2.14. The van der Waals surface area contributed by atoms with Crippen LogP contribution in [0.25, 0.3) is 0 Å². The molecule has 0 radical (unpaired) electrons. The number of rotatable bonds is 60. The molecule has 0 heterocycles. The van der Waals surface area contributed by atoms with Gasteiger partial charge in [-0.05, 0) is 148 Å². The molecule has 9 aromatic carbocycles. The van der Waals surface area contributed by atoms with Gasteiger partial charge in [0.25, 0.3) is 0 Å². The molecule has 9 rings (SSSR count). The van der Waals surface area contributed by atoms with Crippen molar-refractivity contribution in [3.05, 3.63) is 215 Å². The van der Waals surface area contributed by atoms with Gasteiger partial charge in [-0.2, -0.15) is 31.6 Å². The van der Waals surface area contributed by atoms with Crippen LogP contribution in [-0.2, 0) is 0 Å². The maximum atomic E-state index is 9.93. The highest BCUT2D eigenvalue weighted by molar-refractivity contribution is 8.01. The number of nitrogens with zero attached hydrogens (tertiary/aromatic N) is 6. The largest absolute Gasteiger partial charge is 0.492 e. The molecule has 0 aromatic heterocycles. The van der Waals surface area contributed by atoms with E-state index in [1.54, 1.807) is 18.2 Å². The lowest BCUT2D eigenvalue weighted by atomic mass is 10.1. The number of benzene rings is 9. The molecule has 9 aromatic rings. The van der Waals surface area contributed by atoms with E-state index in [2.05, 4.69) is 78.0 Å². The molecule has 0 aliphatic carbocycles. The Kier molecular flexibility index (Phi) is 53.9. The molecule has 0 saturated carbocycles. The fourth-order valence-electron chi connectivity index (χ4n) is 13.7. The topological polar surface area (TPSA) is 198 Å². The summed E-state index contributed by atoms with van der Waals surface area (Å²) in [7, 11) is 0. The van der Waals surface area contributed by atoms with E-state index >= 15 is 0 Å². The molecule has 0 fully saturated rings. The molecule has 18 heteroatoms. The Balaban J connectivity index is 0.000000259. The Morgan fingerprint density at radius 3 is 0.452 bits per heavy atom. The smallest absolute Gasteiger partial charge is 0.133 e. The molecule has 666 valence electrons. The second-order valence-electron chi connectivity index (χ2n) is 31.2. The van der Waals surface area contributed by atoms with Crippen molar-refractivity contribution in [1.29, 1.82) is 31.6 Å². The lowest BCUT2D eigenvalue weighted by Crippen LogP contribution is -1.99. The second-order valence-corrected chi connectivity index (χ2v) is 37.7. The first-order valence-electron chi connectivity index (χ1n) is 46.4. The Bertz CT molecular complexity index is 4130. The van der Waals surface area contributed by atoms with Crippen molar-refractivity contribution in [2.24, 2.45) is 0 Å². The van der Waals surface area contributed by atoms with Gasteiger partial charge in [0.05, 0.1) is 102 Å². The Morgan fingerprint density at radius 1 is 0.175 bits per heavy atom. The molecule has 0 aliphatic heterocycles. The van der Waals surface area contributed by atoms with Gasteiger partial charge in [0.2, 0.25) is 0 Å². The highest BCUT2D eigenvalue weighted by Crippen LogP contribution is 2.47. The molecule has 0 unspecified atom stereocenters. The quantitative estimate of drug-likeness (QED) is 0.0326. The lowest BCUT2D eigenvalue weighted by molar-refractivity contribution is 0.297. The fourth-order valence-corrected chi connectivity index (χ4v) is 20.0. The fraction of sp³-hybridized carbons (Fsp3) is 0.444. The molecule has 0 amide bonds. The molecular formula is C108H132N6O6S6. The van der Waals surface area contributed by atoms with Crippen LogP contribution in [0.15, 0.2) is 241 Å². The summed E-state index contributed by atoms with van der Waals surface area (Å²) >= 11 is 9.07. The van der Waals surface area contributed by atoms with Gasteiger partial charge < -0.3 is 28.4 Å². The third kappa shape index (κ3) is 39.2. The van der Waals surface area contributed by atoms with Crippen LogP contribution < -0.4 is 28.4 Å². The molecule has 0 N–H and O–H groups in total. The summed E-state index contributed by atoms with van der Waals surface area (Å²) in [4.78, 5) is 10.6. The Morgan fingerprint density at radius 2 is 0.310 bits per heavy atom. The van der Waals surface area contributed by atoms with Gasteiger partial charge in [-0.15, -0.1) is 0 Å². The van der Waals surface area contributed by atoms with Crippen molar-refractivity contribution in [3.63, 3.8) is 0 Å². The predicted molar refractivity (Wildman–Crippen MR) is 524 cm³/mol. The summed E-state index contributed by atoms with van der Waals surface area (Å²) in [5.41, 5.74) is 2.91. The number of para-hydroxylation sites is 6. The predicted octanol–water partition coefficient (Wildman–Crippen LogP) is 33.6. The minimum atomic E-state index is 0.485. The number of hydrogen-bond donors (Lipinski definition) is 0. The van der Waals surface area contributed by atoms with Crippen molar-refractivity contribution >= 4 is 70.6 Å². The Labute approximate surface area is 781 Å². The third-order valence-corrected chi connectivity index (χ3v) is 27.6. The molecule has 0 bridgehead atoms. The summed E-state index contributed by atoms with van der Waals surface area (Å²) in [6.07, 6.45) is 43.7. The van der Waals surface area contributed by atoms with E-state index in [-0.39, 0.29) is 0 Å².